The number of nitrogens with one attached hydrogen (secondary N) is 2. The maximum atomic E-state index is 12.9. The lowest BCUT2D eigenvalue weighted by Gasteiger charge is -2.14. The van der Waals surface area contributed by atoms with Crippen molar-refractivity contribution in [2.75, 3.05) is 11.9 Å². The van der Waals surface area contributed by atoms with Gasteiger partial charge in [0.25, 0.3) is 0 Å². The second-order valence-electron chi connectivity index (χ2n) is 5.10. The molecular formula is C15H17FN4O3. The third-order valence-electron chi connectivity index (χ3n) is 3.17. The van der Waals surface area contributed by atoms with Crippen LogP contribution < -0.4 is 16.4 Å². The minimum Gasteiger partial charge on any atom is -0.369 e. The summed E-state index contributed by atoms with van der Waals surface area (Å²) in [4.78, 5) is 23.2. The molecule has 2 rings (SSSR count). The summed E-state index contributed by atoms with van der Waals surface area (Å²) >= 11 is 0. The average molecular weight is 320 g/mol. The fourth-order valence-electron chi connectivity index (χ4n) is 1.97. The lowest BCUT2D eigenvalue weighted by Crippen LogP contribution is -2.39. The Balaban J connectivity index is 1.88. The zero-order chi connectivity index (χ0) is 16.8. The summed E-state index contributed by atoms with van der Waals surface area (Å²) in [5.41, 5.74) is 6.73. The van der Waals surface area contributed by atoms with Gasteiger partial charge in [-0.3, -0.25) is 10.1 Å². The number of amides is 3. The first-order chi connectivity index (χ1) is 10.9. The maximum absolute atomic E-state index is 12.9. The molecular weight excluding hydrogens is 303 g/mol. The highest BCUT2D eigenvalue weighted by atomic mass is 19.1. The van der Waals surface area contributed by atoms with Gasteiger partial charge in [-0.1, -0.05) is 17.3 Å². The van der Waals surface area contributed by atoms with Crippen molar-refractivity contribution in [2.45, 2.75) is 13.3 Å². The lowest BCUT2D eigenvalue weighted by atomic mass is 9.98. The first kappa shape index (κ1) is 16.5. The highest BCUT2D eigenvalue weighted by molar-refractivity contribution is 5.88. The fraction of sp³-hybridized carbons (Fsp3) is 0.267. The van der Waals surface area contributed by atoms with Gasteiger partial charge in [-0.25, -0.2) is 9.18 Å². The Labute approximate surface area is 132 Å². The number of halogens is 1. The van der Waals surface area contributed by atoms with Gasteiger partial charge in [0.2, 0.25) is 11.8 Å². The monoisotopic (exact) mass is 320 g/mol. The molecule has 0 fully saturated rings. The molecule has 0 aliphatic carbocycles. The number of aryl methyl sites for hydroxylation is 1. The molecule has 0 unspecified atom stereocenters. The molecule has 0 saturated heterocycles. The second-order valence-corrected chi connectivity index (χ2v) is 5.10. The number of rotatable bonds is 6. The van der Waals surface area contributed by atoms with E-state index in [-0.39, 0.29) is 18.2 Å². The molecule has 1 heterocycles. The Bertz CT molecular complexity index is 684. The summed E-state index contributed by atoms with van der Waals surface area (Å²) in [6, 6.07) is 6.78. The van der Waals surface area contributed by atoms with Crippen LogP contribution in [0.5, 0.6) is 0 Å². The molecule has 0 aliphatic heterocycles. The van der Waals surface area contributed by atoms with Crippen LogP contribution in [0.1, 0.15) is 11.3 Å². The lowest BCUT2D eigenvalue weighted by molar-refractivity contribution is -0.121. The van der Waals surface area contributed by atoms with E-state index < -0.39 is 17.9 Å². The van der Waals surface area contributed by atoms with Gasteiger partial charge in [0.05, 0.1) is 11.6 Å². The first-order valence-electron chi connectivity index (χ1n) is 6.96. The van der Waals surface area contributed by atoms with Gasteiger partial charge >= 0.3 is 6.03 Å². The molecule has 23 heavy (non-hydrogen) atoms. The molecule has 4 N–H and O–H groups in total. The topological polar surface area (TPSA) is 110 Å². The van der Waals surface area contributed by atoms with Gasteiger partial charge in [-0.15, -0.1) is 0 Å². The standard InChI is InChI=1S/C15H17FN4O3/c1-9-6-13(23-20-9)19-15(22)18-8-11(14(17)21)7-10-2-4-12(16)5-3-10/h2-6,11H,7-8H2,1H3,(H2,17,21)(H2,18,19,22)/t11-/m1/s1. The van der Waals surface area contributed by atoms with Gasteiger partial charge in [0.1, 0.15) is 5.82 Å². The summed E-state index contributed by atoms with van der Waals surface area (Å²) in [5.74, 6) is -1.31. The average Bonchev–Trinajstić information content (AvgIpc) is 2.90. The van der Waals surface area contributed by atoms with Gasteiger partial charge in [-0.05, 0) is 31.0 Å². The van der Waals surface area contributed by atoms with Crippen molar-refractivity contribution in [3.8, 4) is 0 Å². The number of nitrogens with two attached hydrogens (primary N) is 1. The van der Waals surface area contributed by atoms with Crippen LogP contribution in [0.3, 0.4) is 0 Å². The predicted octanol–water partition coefficient (Wildman–Crippen LogP) is 1.59. The van der Waals surface area contributed by atoms with Crippen LogP contribution in [0.2, 0.25) is 0 Å². The summed E-state index contributed by atoms with van der Waals surface area (Å²) < 4.78 is 17.7. The molecule has 0 radical (unpaired) electrons. The molecule has 1 aromatic heterocycles. The first-order valence-corrected chi connectivity index (χ1v) is 6.96. The molecule has 0 spiro atoms. The highest BCUT2D eigenvalue weighted by Gasteiger charge is 2.17. The normalized spacial score (nSPS) is 11.7. The number of anilines is 1. The Morgan fingerprint density at radius 3 is 2.61 bits per heavy atom. The quantitative estimate of drug-likeness (QED) is 0.750. The minimum absolute atomic E-state index is 0.0473. The van der Waals surface area contributed by atoms with E-state index in [4.69, 9.17) is 10.3 Å². The van der Waals surface area contributed by atoms with E-state index in [0.29, 0.717) is 12.1 Å². The highest BCUT2D eigenvalue weighted by Crippen LogP contribution is 2.10. The Morgan fingerprint density at radius 2 is 2.04 bits per heavy atom. The van der Waals surface area contributed by atoms with Crippen LogP contribution >= 0.6 is 0 Å². The minimum atomic E-state index is -0.609. The zero-order valence-corrected chi connectivity index (χ0v) is 12.5. The zero-order valence-electron chi connectivity index (χ0n) is 12.5. The van der Waals surface area contributed by atoms with Crippen LogP contribution in [0, 0.1) is 18.7 Å². The molecule has 0 bridgehead atoms. The number of urea groups is 1. The van der Waals surface area contributed by atoms with Crippen molar-refractivity contribution < 1.29 is 18.5 Å². The molecule has 7 nitrogen and oxygen atoms in total. The maximum Gasteiger partial charge on any atom is 0.321 e. The molecule has 0 aliphatic rings. The summed E-state index contributed by atoms with van der Waals surface area (Å²) in [6.45, 7) is 1.77. The third-order valence-corrected chi connectivity index (χ3v) is 3.17. The molecule has 2 aromatic rings. The van der Waals surface area contributed by atoms with E-state index in [2.05, 4.69) is 15.8 Å². The van der Waals surface area contributed by atoms with Gasteiger partial charge in [-0.2, -0.15) is 0 Å². The van der Waals surface area contributed by atoms with E-state index in [0.717, 1.165) is 5.56 Å². The summed E-state index contributed by atoms with van der Waals surface area (Å²) in [6.07, 6.45) is 0.303. The predicted molar refractivity (Wildman–Crippen MR) is 81.0 cm³/mol. The Morgan fingerprint density at radius 1 is 1.35 bits per heavy atom. The van der Waals surface area contributed by atoms with E-state index in [1.807, 2.05) is 0 Å². The van der Waals surface area contributed by atoms with Crippen molar-refractivity contribution in [2.24, 2.45) is 11.7 Å². The second kappa shape index (κ2) is 7.39. The number of nitrogens with zero attached hydrogens (tertiary/aromatic N) is 1. The Hall–Kier alpha value is -2.90. The summed E-state index contributed by atoms with van der Waals surface area (Å²) in [5, 5.41) is 8.62. The van der Waals surface area contributed by atoms with Crippen LogP contribution in [-0.4, -0.2) is 23.6 Å². The van der Waals surface area contributed by atoms with Gasteiger partial charge in [0, 0.05) is 12.6 Å². The van der Waals surface area contributed by atoms with Crippen molar-refractivity contribution in [3.05, 3.63) is 47.4 Å². The molecule has 122 valence electrons. The largest absolute Gasteiger partial charge is 0.369 e. The van der Waals surface area contributed by atoms with Crippen LogP contribution in [0.15, 0.2) is 34.9 Å². The van der Waals surface area contributed by atoms with Gasteiger partial charge in [0.15, 0.2) is 0 Å². The smallest absolute Gasteiger partial charge is 0.321 e. The number of carbonyl (C=O) groups excluding carboxylic acids is 2. The van der Waals surface area contributed by atoms with Gasteiger partial charge < -0.3 is 15.6 Å². The third kappa shape index (κ3) is 5.10. The number of hydrogen-bond donors (Lipinski definition) is 3. The van der Waals surface area contributed by atoms with E-state index in [1.54, 1.807) is 25.1 Å². The SMILES string of the molecule is Cc1cc(NC(=O)NC[C@@H](Cc2ccc(F)cc2)C(N)=O)on1. The number of hydrogen-bond acceptors (Lipinski definition) is 4. The molecule has 1 aromatic carbocycles. The summed E-state index contributed by atoms with van der Waals surface area (Å²) in [7, 11) is 0. The number of benzene rings is 1. The Kier molecular flexibility index (Phi) is 5.29. The van der Waals surface area contributed by atoms with Crippen molar-refractivity contribution >= 4 is 17.8 Å². The van der Waals surface area contributed by atoms with Crippen LogP contribution in [0.4, 0.5) is 15.1 Å². The molecule has 3 amide bonds. The fourth-order valence-corrected chi connectivity index (χ4v) is 1.97. The van der Waals surface area contributed by atoms with Crippen molar-refractivity contribution in [3.63, 3.8) is 0 Å². The molecule has 0 saturated carbocycles. The van der Waals surface area contributed by atoms with Crippen molar-refractivity contribution in [1.82, 2.24) is 10.5 Å². The number of primary amides is 1. The number of aromatic nitrogens is 1. The van der Waals surface area contributed by atoms with Crippen LogP contribution in [-0.2, 0) is 11.2 Å². The van der Waals surface area contributed by atoms with E-state index in [1.165, 1.54) is 12.1 Å². The molecule has 8 heteroatoms. The van der Waals surface area contributed by atoms with E-state index in [9.17, 15) is 14.0 Å². The van der Waals surface area contributed by atoms with E-state index >= 15 is 0 Å². The van der Waals surface area contributed by atoms with Crippen molar-refractivity contribution in [1.29, 1.82) is 0 Å². The molecule has 1 atom stereocenters. The number of carbonyl (C=O) groups is 2. The van der Waals surface area contributed by atoms with Crippen LogP contribution in [0.25, 0.3) is 0 Å².